The summed E-state index contributed by atoms with van der Waals surface area (Å²) in [6, 6.07) is 3.57. The summed E-state index contributed by atoms with van der Waals surface area (Å²) in [5.41, 5.74) is 0.584. The molecular weight excluding hydrogens is 248 g/mol. The molecule has 0 spiro atoms. The van der Waals surface area contributed by atoms with Gasteiger partial charge >= 0.3 is 0 Å². The Morgan fingerprint density at radius 2 is 2.22 bits per heavy atom. The molecule has 0 unspecified atom stereocenters. The maximum absolute atomic E-state index is 12.1. The van der Waals surface area contributed by atoms with Crippen molar-refractivity contribution in [3.63, 3.8) is 0 Å². The molecule has 1 fully saturated rings. The largest absolute Gasteiger partial charge is 0.349 e. The first-order valence-corrected chi connectivity index (χ1v) is 6.88. The van der Waals surface area contributed by atoms with Crippen molar-refractivity contribution in [1.82, 2.24) is 10.3 Å². The van der Waals surface area contributed by atoms with Crippen molar-refractivity contribution >= 4 is 17.5 Å². The molecule has 2 rings (SSSR count). The lowest BCUT2D eigenvalue weighted by Gasteiger charge is -2.34. The number of amides is 1. The summed E-state index contributed by atoms with van der Waals surface area (Å²) in [4.78, 5) is 16.0. The summed E-state index contributed by atoms with van der Waals surface area (Å²) in [7, 11) is 0. The number of aromatic nitrogens is 1. The maximum Gasteiger partial charge on any atom is 0.251 e. The van der Waals surface area contributed by atoms with Gasteiger partial charge in [0.05, 0.1) is 0 Å². The second-order valence-electron chi connectivity index (χ2n) is 5.21. The predicted octanol–water partition coefficient (Wildman–Crippen LogP) is 3.29. The van der Waals surface area contributed by atoms with Gasteiger partial charge in [0.15, 0.2) is 0 Å². The zero-order valence-electron chi connectivity index (χ0n) is 10.8. The molecule has 0 aliphatic heterocycles. The second-order valence-corrected chi connectivity index (χ2v) is 5.60. The topological polar surface area (TPSA) is 42.0 Å². The van der Waals surface area contributed by atoms with Gasteiger partial charge in [-0.05, 0) is 30.4 Å². The smallest absolute Gasteiger partial charge is 0.251 e. The van der Waals surface area contributed by atoms with Gasteiger partial charge in [0.25, 0.3) is 5.91 Å². The van der Waals surface area contributed by atoms with Crippen molar-refractivity contribution in [2.75, 3.05) is 0 Å². The number of carbonyl (C=O) groups is 1. The van der Waals surface area contributed by atoms with Crippen LogP contribution >= 0.6 is 11.6 Å². The molecule has 0 saturated heterocycles. The minimum Gasteiger partial charge on any atom is -0.349 e. The first-order valence-electron chi connectivity index (χ1n) is 6.50. The summed E-state index contributed by atoms with van der Waals surface area (Å²) < 4.78 is 0. The predicted molar refractivity (Wildman–Crippen MR) is 72.7 cm³/mol. The average Bonchev–Trinajstić information content (AvgIpc) is 2.35. The van der Waals surface area contributed by atoms with E-state index in [4.69, 9.17) is 11.6 Å². The number of pyridine rings is 1. The van der Waals surface area contributed by atoms with Gasteiger partial charge in [-0.3, -0.25) is 4.79 Å². The van der Waals surface area contributed by atoms with Gasteiger partial charge in [-0.15, -0.1) is 0 Å². The van der Waals surface area contributed by atoms with E-state index < -0.39 is 0 Å². The molecule has 1 heterocycles. The Balaban J connectivity index is 2.03. The molecular formula is C14H19ClN2O. The van der Waals surface area contributed by atoms with E-state index in [1.54, 1.807) is 18.3 Å². The van der Waals surface area contributed by atoms with Crippen LogP contribution in [-0.4, -0.2) is 16.9 Å². The monoisotopic (exact) mass is 266 g/mol. The van der Waals surface area contributed by atoms with E-state index in [1.165, 1.54) is 12.8 Å². The number of nitrogens with zero attached hydrogens (tertiary/aromatic N) is 1. The van der Waals surface area contributed by atoms with Crippen LogP contribution in [0.15, 0.2) is 18.3 Å². The normalized spacial score (nSPS) is 27.8. The number of nitrogens with one attached hydrogen (secondary N) is 1. The molecule has 0 radical (unpaired) electrons. The Hall–Kier alpha value is -1.09. The molecule has 1 aliphatic rings. The van der Waals surface area contributed by atoms with Gasteiger partial charge in [-0.1, -0.05) is 38.3 Å². The minimum absolute atomic E-state index is 0.0507. The van der Waals surface area contributed by atoms with Crippen molar-refractivity contribution in [2.24, 2.45) is 11.8 Å². The van der Waals surface area contributed by atoms with E-state index in [2.05, 4.69) is 24.1 Å². The third-order valence-corrected chi connectivity index (χ3v) is 4.22. The number of halogens is 1. The lowest BCUT2D eigenvalue weighted by atomic mass is 9.78. The molecule has 1 aromatic rings. The molecule has 3 atom stereocenters. The summed E-state index contributed by atoms with van der Waals surface area (Å²) in [5, 5.41) is 3.47. The first-order chi connectivity index (χ1) is 8.58. The van der Waals surface area contributed by atoms with E-state index in [0.29, 0.717) is 22.6 Å². The Morgan fingerprint density at radius 3 is 2.94 bits per heavy atom. The standard InChI is InChI=1S/C14H19ClN2O/c1-9-4-3-5-12(10(9)2)17-14(18)11-6-7-16-13(15)8-11/h6-10,12H,3-5H2,1-2H3,(H,17,18)/t9-,10-,12-/m1/s1. The van der Waals surface area contributed by atoms with Crippen molar-refractivity contribution in [3.8, 4) is 0 Å². The van der Waals surface area contributed by atoms with Crippen molar-refractivity contribution < 1.29 is 4.79 Å². The van der Waals surface area contributed by atoms with Crippen molar-refractivity contribution in [1.29, 1.82) is 0 Å². The summed E-state index contributed by atoms with van der Waals surface area (Å²) in [5.74, 6) is 1.15. The third-order valence-electron chi connectivity index (χ3n) is 4.01. The van der Waals surface area contributed by atoms with Crippen LogP contribution in [-0.2, 0) is 0 Å². The van der Waals surface area contributed by atoms with Crippen LogP contribution < -0.4 is 5.32 Å². The number of rotatable bonds is 2. The lowest BCUT2D eigenvalue weighted by molar-refractivity contribution is 0.0891. The zero-order chi connectivity index (χ0) is 13.1. The fourth-order valence-corrected chi connectivity index (χ4v) is 2.76. The molecule has 1 N–H and O–H groups in total. The highest BCUT2D eigenvalue weighted by atomic mass is 35.5. The average molecular weight is 267 g/mol. The van der Waals surface area contributed by atoms with Gasteiger partial charge in [0, 0.05) is 17.8 Å². The highest BCUT2D eigenvalue weighted by molar-refractivity contribution is 6.29. The van der Waals surface area contributed by atoms with Gasteiger partial charge in [0.2, 0.25) is 0 Å². The fourth-order valence-electron chi connectivity index (χ4n) is 2.58. The van der Waals surface area contributed by atoms with Crippen molar-refractivity contribution in [2.45, 2.75) is 39.2 Å². The van der Waals surface area contributed by atoms with Crippen LogP contribution in [0, 0.1) is 11.8 Å². The first kappa shape index (κ1) is 13.3. The Bertz CT molecular complexity index is 436. The van der Waals surface area contributed by atoms with Crippen LogP contribution in [0.1, 0.15) is 43.5 Å². The summed E-state index contributed by atoms with van der Waals surface area (Å²) in [6.45, 7) is 4.47. The van der Waals surface area contributed by atoms with Gasteiger partial charge in [-0.2, -0.15) is 0 Å². The highest BCUT2D eigenvalue weighted by Crippen LogP contribution is 2.29. The molecule has 0 bridgehead atoms. The van der Waals surface area contributed by atoms with Crippen LogP contribution in [0.5, 0.6) is 0 Å². The fraction of sp³-hybridized carbons (Fsp3) is 0.571. The van der Waals surface area contributed by atoms with Gasteiger partial charge in [0.1, 0.15) is 5.15 Å². The van der Waals surface area contributed by atoms with E-state index in [9.17, 15) is 4.79 Å². The zero-order valence-corrected chi connectivity index (χ0v) is 11.6. The van der Waals surface area contributed by atoms with Crippen LogP contribution in [0.4, 0.5) is 0 Å². The molecule has 98 valence electrons. The lowest BCUT2D eigenvalue weighted by Crippen LogP contribution is -2.43. The Morgan fingerprint density at radius 1 is 1.44 bits per heavy atom. The number of carbonyl (C=O) groups excluding carboxylic acids is 1. The van der Waals surface area contributed by atoms with Gasteiger partial charge < -0.3 is 5.32 Å². The maximum atomic E-state index is 12.1. The second kappa shape index (κ2) is 5.70. The van der Waals surface area contributed by atoms with Crippen LogP contribution in [0.2, 0.25) is 5.15 Å². The summed E-state index contributed by atoms with van der Waals surface area (Å²) in [6.07, 6.45) is 5.07. The SMILES string of the molecule is C[C@@H]1[C@H](C)CCC[C@H]1NC(=O)c1ccnc(Cl)c1. The quantitative estimate of drug-likeness (QED) is 0.835. The molecule has 1 saturated carbocycles. The molecule has 4 heteroatoms. The molecule has 1 aliphatic carbocycles. The molecule has 0 aromatic carbocycles. The molecule has 1 amide bonds. The molecule has 1 aromatic heterocycles. The van der Waals surface area contributed by atoms with Gasteiger partial charge in [-0.25, -0.2) is 4.98 Å². The van der Waals surface area contributed by atoms with E-state index in [-0.39, 0.29) is 11.9 Å². The third kappa shape index (κ3) is 3.02. The Labute approximate surface area is 113 Å². The molecule has 3 nitrogen and oxygen atoms in total. The summed E-state index contributed by atoms with van der Waals surface area (Å²) >= 11 is 5.79. The van der Waals surface area contributed by atoms with E-state index in [0.717, 1.165) is 6.42 Å². The number of hydrogen-bond acceptors (Lipinski definition) is 2. The molecule has 18 heavy (non-hydrogen) atoms. The number of hydrogen-bond donors (Lipinski definition) is 1. The van der Waals surface area contributed by atoms with E-state index >= 15 is 0 Å². The minimum atomic E-state index is -0.0507. The van der Waals surface area contributed by atoms with Crippen LogP contribution in [0.3, 0.4) is 0 Å². The van der Waals surface area contributed by atoms with Crippen LogP contribution in [0.25, 0.3) is 0 Å². The van der Waals surface area contributed by atoms with E-state index in [1.807, 2.05) is 0 Å². The highest BCUT2D eigenvalue weighted by Gasteiger charge is 2.28. The van der Waals surface area contributed by atoms with Crippen molar-refractivity contribution in [3.05, 3.63) is 29.0 Å². The Kier molecular flexibility index (Phi) is 4.23.